The van der Waals surface area contributed by atoms with Crippen LogP contribution in [0.25, 0.3) is 11.5 Å². The number of benzene rings is 1. The van der Waals surface area contributed by atoms with Gasteiger partial charge in [0, 0.05) is 37.3 Å². The minimum atomic E-state index is -0.192. The Labute approximate surface area is 163 Å². The van der Waals surface area contributed by atoms with E-state index in [2.05, 4.69) is 37.3 Å². The van der Waals surface area contributed by atoms with Crippen molar-refractivity contribution in [1.29, 1.82) is 0 Å². The maximum absolute atomic E-state index is 12.5. The lowest BCUT2D eigenvalue weighted by Crippen LogP contribution is -2.44. The summed E-state index contributed by atoms with van der Waals surface area (Å²) in [6.45, 7) is 5.73. The van der Waals surface area contributed by atoms with Gasteiger partial charge in [0.05, 0.1) is 11.9 Å². The van der Waals surface area contributed by atoms with E-state index in [-0.39, 0.29) is 5.91 Å². The van der Waals surface area contributed by atoms with Crippen molar-refractivity contribution in [3.05, 3.63) is 54.0 Å². The summed E-state index contributed by atoms with van der Waals surface area (Å²) in [7, 11) is 2.12. The molecule has 1 N–H and O–H groups in total. The quantitative estimate of drug-likeness (QED) is 0.746. The van der Waals surface area contributed by atoms with Crippen molar-refractivity contribution in [2.24, 2.45) is 0 Å². The number of piperazine rings is 1. The van der Waals surface area contributed by atoms with Crippen LogP contribution in [0.3, 0.4) is 0 Å². The molecular weight excluding hydrogens is 356 g/mol. The second-order valence-electron chi connectivity index (χ2n) is 6.87. The lowest BCUT2D eigenvalue weighted by Gasteiger charge is -2.33. The zero-order valence-corrected chi connectivity index (χ0v) is 15.9. The Hall–Kier alpha value is -3.26. The number of aromatic nitrogens is 3. The predicted molar refractivity (Wildman–Crippen MR) is 106 cm³/mol. The Morgan fingerprint density at radius 3 is 2.43 bits per heavy atom. The smallest absolute Gasteiger partial charge is 0.257 e. The van der Waals surface area contributed by atoms with E-state index in [9.17, 15) is 4.79 Å². The van der Waals surface area contributed by atoms with Gasteiger partial charge in [-0.2, -0.15) is 4.98 Å². The van der Waals surface area contributed by atoms with Crippen LogP contribution in [0.5, 0.6) is 0 Å². The zero-order chi connectivity index (χ0) is 19.5. The van der Waals surface area contributed by atoms with Crippen LogP contribution >= 0.6 is 0 Å². The van der Waals surface area contributed by atoms with Crippen molar-refractivity contribution in [3.63, 3.8) is 0 Å². The minimum absolute atomic E-state index is 0.192. The second-order valence-corrected chi connectivity index (χ2v) is 6.87. The van der Waals surface area contributed by atoms with E-state index in [1.807, 2.05) is 12.1 Å². The van der Waals surface area contributed by atoms with Crippen LogP contribution in [-0.4, -0.2) is 59.2 Å². The fourth-order valence-electron chi connectivity index (χ4n) is 3.06. The first kappa shape index (κ1) is 18.1. The molecule has 0 bridgehead atoms. The number of nitrogens with zero attached hydrogens (tertiary/aromatic N) is 5. The number of carbonyl (C=O) groups is 1. The lowest BCUT2D eigenvalue weighted by molar-refractivity contribution is 0.102. The number of aryl methyl sites for hydroxylation is 1. The van der Waals surface area contributed by atoms with Gasteiger partial charge in [-0.1, -0.05) is 5.16 Å². The molecule has 4 rings (SSSR count). The molecule has 1 amide bonds. The van der Waals surface area contributed by atoms with E-state index in [1.54, 1.807) is 37.4 Å². The second kappa shape index (κ2) is 7.77. The van der Waals surface area contributed by atoms with Crippen molar-refractivity contribution in [2.45, 2.75) is 6.92 Å². The van der Waals surface area contributed by atoms with E-state index in [0.717, 1.165) is 37.6 Å². The number of pyridine rings is 1. The highest BCUT2D eigenvalue weighted by Gasteiger charge is 2.15. The van der Waals surface area contributed by atoms with Gasteiger partial charge in [-0.25, -0.2) is 4.98 Å². The number of rotatable bonds is 4. The maximum atomic E-state index is 12.5. The minimum Gasteiger partial charge on any atom is -0.354 e. The largest absolute Gasteiger partial charge is 0.354 e. The Balaban J connectivity index is 1.39. The first-order valence-electron chi connectivity index (χ1n) is 9.20. The number of nitrogens with one attached hydrogen (secondary N) is 1. The van der Waals surface area contributed by atoms with Crippen LogP contribution in [0.1, 0.15) is 16.2 Å². The SMILES string of the molecule is Cc1noc(-c2ccc(C(=O)Nc3ccc(N4CCN(C)CC4)nc3)cc2)n1. The lowest BCUT2D eigenvalue weighted by atomic mass is 10.1. The van der Waals surface area contributed by atoms with Crippen molar-refractivity contribution < 1.29 is 9.32 Å². The predicted octanol–water partition coefficient (Wildman–Crippen LogP) is 2.44. The number of likely N-dealkylation sites (N-methyl/N-ethyl adjacent to an activating group) is 1. The summed E-state index contributed by atoms with van der Waals surface area (Å²) in [5, 5.41) is 6.65. The number of amides is 1. The fourth-order valence-corrected chi connectivity index (χ4v) is 3.06. The zero-order valence-electron chi connectivity index (χ0n) is 15.9. The molecule has 0 spiro atoms. The summed E-state index contributed by atoms with van der Waals surface area (Å²) in [6, 6.07) is 10.9. The topological polar surface area (TPSA) is 87.4 Å². The third-order valence-electron chi connectivity index (χ3n) is 4.75. The van der Waals surface area contributed by atoms with E-state index in [1.165, 1.54) is 0 Å². The average Bonchev–Trinajstić information content (AvgIpc) is 3.16. The van der Waals surface area contributed by atoms with Crippen molar-refractivity contribution in [1.82, 2.24) is 20.0 Å². The molecule has 1 aliphatic rings. The van der Waals surface area contributed by atoms with Crippen LogP contribution in [0.4, 0.5) is 11.5 Å². The molecule has 1 aromatic carbocycles. The highest BCUT2D eigenvalue weighted by molar-refractivity contribution is 6.04. The van der Waals surface area contributed by atoms with E-state index in [4.69, 9.17) is 4.52 Å². The standard InChI is InChI=1S/C20H22N6O2/c1-14-22-20(28-24-14)16-5-3-15(4-6-16)19(27)23-17-7-8-18(21-13-17)26-11-9-25(2)10-12-26/h3-8,13H,9-12H2,1-2H3,(H,23,27). The molecule has 8 nitrogen and oxygen atoms in total. The van der Waals surface area contributed by atoms with E-state index >= 15 is 0 Å². The van der Waals surface area contributed by atoms with Gasteiger partial charge in [0.25, 0.3) is 11.8 Å². The van der Waals surface area contributed by atoms with Crippen molar-refractivity contribution >= 4 is 17.4 Å². The van der Waals surface area contributed by atoms with Gasteiger partial charge in [-0.15, -0.1) is 0 Å². The number of carbonyl (C=O) groups excluding carboxylic acids is 1. The van der Waals surface area contributed by atoms with Gasteiger partial charge in [-0.05, 0) is 50.4 Å². The van der Waals surface area contributed by atoms with Gasteiger partial charge in [-0.3, -0.25) is 4.79 Å². The molecule has 0 atom stereocenters. The molecule has 28 heavy (non-hydrogen) atoms. The summed E-state index contributed by atoms with van der Waals surface area (Å²) >= 11 is 0. The first-order valence-corrected chi connectivity index (χ1v) is 9.20. The van der Waals surface area contributed by atoms with Crippen LogP contribution in [0.2, 0.25) is 0 Å². The van der Waals surface area contributed by atoms with Crippen molar-refractivity contribution in [3.8, 4) is 11.5 Å². The van der Waals surface area contributed by atoms with Gasteiger partial charge in [0.1, 0.15) is 5.82 Å². The molecule has 1 saturated heterocycles. The molecule has 0 radical (unpaired) electrons. The maximum Gasteiger partial charge on any atom is 0.257 e. The third kappa shape index (κ3) is 4.01. The highest BCUT2D eigenvalue weighted by Crippen LogP contribution is 2.19. The molecule has 3 aromatic rings. The van der Waals surface area contributed by atoms with Gasteiger partial charge < -0.3 is 19.6 Å². The van der Waals surface area contributed by atoms with Crippen LogP contribution in [0.15, 0.2) is 47.1 Å². The highest BCUT2D eigenvalue weighted by atomic mass is 16.5. The Morgan fingerprint density at radius 1 is 1.07 bits per heavy atom. The van der Waals surface area contributed by atoms with E-state index in [0.29, 0.717) is 23.0 Å². The van der Waals surface area contributed by atoms with Crippen LogP contribution in [0, 0.1) is 6.92 Å². The molecular formula is C20H22N6O2. The molecule has 8 heteroatoms. The fraction of sp³-hybridized carbons (Fsp3) is 0.300. The summed E-state index contributed by atoms with van der Waals surface area (Å²) in [5.41, 5.74) is 1.98. The molecule has 2 aromatic heterocycles. The summed E-state index contributed by atoms with van der Waals surface area (Å²) in [4.78, 5) is 25.7. The molecule has 0 unspecified atom stereocenters. The first-order chi connectivity index (χ1) is 13.6. The van der Waals surface area contributed by atoms with E-state index < -0.39 is 0 Å². The van der Waals surface area contributed by atoms with Crippen molar-refractivity contribution in [2.75, 3.05) is 43.4 Å². The molecule has 3 heterocycles. The molecule has 0 saturated carbocycles. The molecule has 0 aliphatic carbocycles. The molecule has 1 aliphatic heterocycles. The Kier molecular flexibility index (Phi) is 5.03. The monoisotopic (exact) mass is 378 g/mol. The average molecular weight is 378 g/mol. The normalized spacial score (nSPS) is 14.9. The van der Waals surface area contributed by atoms with Gasteiger partial charge in [0.2, 0.25) is 0 Å². The number of hydrogen-bond acceptors (Lipinski definition) is 7. The summed E-state index contributed by atoms with van der Waals surface area (Å²) in [5.74, 6) is 1.75. The Morgan fingerprint density at radius 2 is 1.82 bits per heavy atom. The van der Waals surface area contributed by atoms with Crippen LogP contribution in [-0.2, 0) is 0 Å². The summed E-state index contributed by atoms with van der Waals surface area (Å²) in [6.07, 6.45) is 1.70. The Bertz CT molecular complexity index is 944. The summed E-state index contributed by atoms with van der Waals surface area (Å²) < 4.78 is 5.14. The van der Waals surface area contributed by atoms with Gasteiger partial charge in [0.15, 0.2) is 5.82 Å². The molecule has 144 valence electrons. The molecule has 1 fully saturated rings. The third-order valence-corrected chi connectivity index (χ3v) is 4.75. The van der Waals surface area contributed by atoms with Gasteiger partial charge >= 0.3 is 0 Å². The number of hydrogen-bond donors (Lipinski definition) is 1. The van der Waals surface area contributed by atoms with Crippen LogP contribution < -0.4 is 10.2 Å². The number of anilines is 2.